The highest BCUT2D eigenvalue weighted by Gasteiger charge is 2.14. The Morgan fingerprint density at radius 3 is 2.57 bits per heavy atom. The van der Waals surface area contributed by atoms with Crippen LogP contribution in [-0.4, -0.2) is 14.7 Å². The van der Waals surface area contributed by atoms with Crippen LogP contribution in [0.2, 0.25) is 0 Å². The van der Waals surface area contributed by atoms with Gasteiger partial charge < -0.3 is 10.2 Å². The molecule has 0 atom stereocenters. The maximum Gasteiger partial charge on any atom is 0.287 e. The molecule has 148 valence electrons. The van der Waals surface area contributed by atoms with E-state index in [0.29, 0.717) is 23.4 Å². The number of nitriles is 1. The van der Waals surface area contributed by atoms with Crippen LogP contribution in [0.1, 0.15) is 22.4 Å². The fourth-order valence-electron chi connectivity index (χ4n) is 3.16. The molecule has 7 nitrogen and oxygen atoms in total. The zero-order valence-electron chi connectivity index (χ0n) is 16.4. The smallest absolute Gasteiger partial charge is 0.287 e. The lowest BCUT2D eigenvalue weighted by Crippen LogP contribution is -2.28. The fourth-order valence-corrected chi connectivity index (χ4v) is 3.16. The summed E-state index contributed by atoms with van der Waals surface area (Å²) in [6.45, 7) is 2.60. The lowest BCUT2D eigenvalue weighted by molar-refractivity contribution is 0.0979. The summed E-state index contributed by atoms with van der Waals surface area (Å²) in [5.74, 6) is 0. The van der Waals surface area contributed by atoms with E-state index < -0.39 is 0 Å². The van der Waals surface area contributed by atoms with Crippen LogP contribution in [0, 0.1) is 18.3 Å². The average molecular weight is 397 g/mol. The second-order valence-corrected chi connectivity index (χ2v) is 6.77. The maximum absolute atomic E-state index is 12.8. The van der Waals surface area contributed by atoms with Crippen LogP contribution in [0.3, 0.4) is 0 Å². The minimum Gasteiger partial charge on any atom is -0.404 e. The monoisotopic (exact) mass is 397 g/mol. The summed E-state index contributed by atoms with van der Waals surface area (Å²) in [4.78, 5) is 27.2. The van der Waals surface area contributed by atoms with Crippen molar-refractivity contribution in [2.75, 3.05) is 5.32 Å². The van der Waals surface area contributed by atoms with Crippen molar-refractivity contribution in [3.05, 3.63) is 99.7 Å². The second kappa shape index (κ2) is 8.45. The molecule has 2 aromatic heterocycles. The lowest BCUT2D eigenvalue weighted by atomic mass is 10.1. The Hall–Kier alpha value is -4.18. The number of nitrogens with one attached hydrogen (secondary N) is 1. The Bertz CT molecular complexity index is 1280. The van der Waals surface area contributed by atoms with E-state index in [1.165, 1.54) is 17.1 Å². The Morgan fingerprint density at radius 1 is 1.07 bits per heavy atom. The molecule has 2 aromatic carbocycles. The van der Waals surface area contributed by atoms with Crippen molar-refractivity contribution in [3.8, 4) is 6.07 Å². The first kappa shape index (κ1) is 19.2. The summed E-state index contributed by atoms with van der Waals surface area (Å²) >= 11 is 0. The molecule has 0 saturated heterocycles. The highest BCUT2D eigenvalue weighted by molar-refractivity contribution is 5.90. The number of aryl methyl sites for hydroxylation is 1. The number of benzene rings is 2. The molecule has 7 heteroatoms. The van der Waals surface area contributed by atoms with Crippen molar-refractivity contribution >= 4 is 16.7 Å². The Kier molecular flexibility index (Phi) is 5.39. The van der Waals surface area contributed by atoms with Gasteiger partial charge in [0.05, 0.1) is 28.4 Å². The van der Waals surface area contributed by atoms with Gasteiger partial charge in [0, 0.05) is 12.6 Å². The minimum absolute atomic E-state index is 0.247. The minimum atomic E-state index is -0.321. The van der Waals surface area contributed by atoms with E-state index in [4.69, 9.17) is 10.1 Å². The van der Waals surface area contributed by atoms with Gasteiger partial charge >= 0.3 is 0 Å². The molecule has 4 aromatic rings. The van der Waals surface area contributed by atoms with Crippen LogP contribution in [0.25, 0.3) is 11.0 Å². The number of nitrogens with zero attached hydrogens (tertiary/aromatic N) is 4. The first-order valence-corrected chi connectivity index (χ1v) is 9.43. The third kappa shape index (κ3) is 3.98. The van der Waals surface area contributed by atoms with E-state index in [0.717, 1.165) is 22.2 Å². The second-order valence-electron chi connectivity index (χ2n) is 6.77. The summed E-state index contributed by atoms with van der Waals surface area (Å²) in [5, 5.41) is 12.9. The van der Waals surface area contributed by atoms with Gasteiger partial charge in [-0.2, -0.15) is 5.26 Å². The predicted molar refractivity (Wildman–Crippen MR) is 114 cm³/mol. The molecule has 0 spiro atoms. The van der Waals surface area contributed by atoms with Crippen LogP contribution in [-0.2, 0) is 13.2 Å². The quantitative estimate of drug-likeness (QED) is 0.537. The van der Waals surface area contributed by atoms with Gasteiger partial charge in [0.1, 0.15) is 12.9 Å². The molecule has 0 saturated carbocycles. The van der Waals surface area contributed by atoms with Gasteiger partial charge in [0.25, 0.3) is 5.56 Å². The predicted octanol–water partition coefficient (Wildman–Crippen LogP) is 3.21. The number of pyridine rings is 1. The number of rotatable bonds is 6. The van der Waals surface area contributed by atoms with Gasteiger partial charge in [-0.05, 0) is 30.2 Å². The van der Waals surface area contributed by atoms with E-state index in [2.05, 4.69) is 21.4 Å². The molecule has 1 N–H and O–H groups in total. The summed E-state index contributed by atoms with van der Waals surface area (Å²) < 4.78 is 1.21. The molecule has 0 amide bonds. The van der Waals surface area contributed by atoms with Crippen LogP contribution >= 0.6 is 0 Å². The zero-order valence-corrected chi connectivity index (χ0v) is 16.4. The molecular formula is C23H19N5O2. The molecule has 0 bridgehead atoms. The van der Waals surface area contributed by atoms with Crippen molar-refractivity contribution in [1.82, 2.24) is 14.7 Å². The van der Waals surface area contributed by atoms with E-state index in [-0.39, 0.29) is 12.2 Å². The normalized spacial score (nSPS) is 10.5. The molecule has 0 unspecified atom stereocenters. The first-order chi connectivity index (χ1) is 14.7. The highest BCUT2D eigenvalue weighted by atomic mass is 16.7. The Morgan fingerprint density at radius 2 is 1.83 bits per heavy atom. The van der Waals surface area contributed by atoms with Crippen molar-refractivity contribution in [3.63, 3.8) is 0 Å². The van der Waals surface area contributed by atoms with E-state index in [9.17, 15) is 4.79 Å². The number of anilines is 1. The maximum atomic E-state index is 12.8. The van der Waals surface area contributed by atoms with Crippen molar-refractivity contribution < 1.29 is 4.84 Å². The summed E-state index contributed by atoms with van der Waals surface area (Å²) in [6, 6.07) is 20.5. The van der Waals surface area contributed by atoms with Crippen LogP contribution in [0.4, 0.5) is 5.69 Å². The van der Waals surface area contributed by atoms with Crippen molar-refractivity contribution in [1.29, 1.82) is 5.26 Å². The number of aromatic nitrogens is 3. The molecule has 0 aliphatic rings. The van der Waals surface area contributed by atoms with Crippen LogP contribution in [0.5, 0.6) is 0 Å². The van der Waals surface area contributed by atoms with E-state index >= 15 is 0 Å². The largest absolute Gasteiger partial charge is 0.404 e. The topological polar surface area (TPSA) is 92.8 Å². The van der Waals surface area contributed by atoms with Gasteiger partial charge in [-0.3, -0.25) is 4.79 Å². The van der Waals surface area contributed by atoms with Crippen molar-refractivity contribution in [2.45, 2.75) is 20.1 Å². The molecule has 2 heterocycles. The number of hydrogen-bond acceptors (Lipinski definition) is 6. The SMILES string of the molecule is Cc1ncnc2c1c(NCc1ccc(C#N)cc1)cc(=O)n2OCc1ccccc1. The molecule has 30 heavy (non-hydrogen) atoms. The number of hydrogen-bond donors (Lipinski definition) is 1. The van der Waals surface area contributed by atoms with Crippen LogP contribution < -0.4 is 15.7 Å². The molecule has 0 radical (unpaired) electrons. The molecule has 0 aliphatic heterocycles. The Balaban J connectivity index is 1.65. The van der Waals surface area contributed by atoms with E-state index in [1.807, 2.05) is 49.4 Å². The van der Waals surface area contributed by atoms with Gasteiger partial charge in [-0.15, -0.1) is 4.73 Å². The van der Waals surface area contributed by atoms with Gasteiger partial charge in [0.15, 0.2) is 5.65 Å². The number of fused-ring (bicyclic) bond motifs is 1. The van der Waals surface area contributed by atoms with Gasteiger partial charge in [0.2, 0.25) is 0 Å². The first-order valence-electron chi connectivity index (χ1n) is 9.43. The summed E-state index contributed by atoms with van der Waals surface area (Å²) in [7, 11) is 0. The third-order valence-corrected chi connectivity index (χ3v) is 4.72. The molecular weight excluding hydrogens is 378 g/mol. The Labute approximate surface area is 173 Å². The van der Waals surface area contributed by atoms with E-state index in [1.54, 1.807) is 12.1 Å². The van der Waals surface area contributed by atoms with Gasteiger partial charge in [-0.1, -0.05) is 42.5 Å². The summed E-state index contributed by atoms with van der Waals surface area (Å²) in [5.41, 5.74) is 4.00. The van der Waals surface area contributed by atoms with Crippen molar-refractivity contribution in [2.24, 2.45) is 0 Å². The summed E-state index contributed by atoms with van der Waals surface area (Å²) in [6.07, 6.45) is 1.42. The average Bonchev–Trinajstić information content (AvgIpc) is 2.78. The molecule has 0 fully saturated rings. The highest BCUT2D eigenvalue weighted by Crippen LogP contribution is 2.23. The fraction of sp³-hybridized carbons (Fsp3) is 0.130. The molecule has 0 aliphatic carbocycles. The lowest BCUT2D eigenvalue weighted by Gasteiger charge is -2.15. The standard InChI is InChI=1S/C23H19N5O2/c1-16-22-20(25-13-18-9-7-17(12-24)8-10-18)11-21(29)28(23(22)27-15-26-16)30-14-19-5-3-2-4-6-19/h2-11,15,25H,13-14H2,1H3. The zero-order chi connectivity index (χ0) is 20.9. The van der Waals surface area contributed by atoms with Crippen LogP contribution in [0.15, 0.2) is 71.8 Å². The molecule has 4 rings (SSSR count). The van der Waals surface area contributed by atoms with Gasteiger partial charge in [-0.25, -0.2) is 9.97 Å². The third-order valence-electron chi connectivity index (χ3n) is 4.72.